The maximum Gasteiger partial charge on any atom is 0.210 e. The molecule has 4 rings (SSSR count). The molecule has 134 valence electrons. The van der Waals surface area contributed by atoms with Crippen LogP contribution < -0.4 is 0 Å². The predicted octanol–water partition coefficient (Wildman–Crippen LogP) is 4.06. The van der Waals surface area contributed by atoms with Gasteiger partial charge >= 0.3 is 0 Å². The Hall–Kier alpha value is -3.19. The lowest BCUT2D eigenvalue weighted by molar-refractivity contribution is 0.0991. The van der Waals surface area contributed by atoms with Crippen molar-refractivity contribution in [2.45, 2.75) is 17.0 Å². The molecular formula is C20H17N5OS. The molecule has 1 N–H and O–H groups in total. The molecule has 1 atom stereocenters. The maximum absolute atomic E-state index is 13.5. The normalized spacial score (nSPS) is 12.1. The third kappa shape index (κ3) is 3.41. The Morgan fingerprint density at radius 2 is 1.96 bits per heavy atom. The maximum atomic E-state index is 13.5. The minimum absolute atomic E-state index is 0.0109. The average molecular weight is 375 g/mol. The number of carbonyl (C=O) groups excluding carboxylic acids is 1. The molecule has 0 aliphatic rings. The molecule has 0 bridgehead atoms. The van der Waals surface area contributed by atoms with Gasteiger partial charge in [-0.05, 0) is 22.1 Å². The van der Waals surface area contributed by atoms with E-state index < -0.39 is 5.25 Å². The van der Waals surface area contributed by atoms with E-state index in [9.17, 15) is 4.79 Å². The molecule has 4 aromatic rings. The molecule has 27 heavy (non-hydrogen) atoms. The summed E-state index contributed by atoms with van der Waals surface area (Å²) in [4.78, 5) is 16.7. The van der Waals surface area contributed by atoms with Gasteiger partial charge < -0.3 is 4.98 Å². The summed E-state index contributed by atoms with van der Waals surface area (Å²) in [7, 11) is 0. The number of allylic oxidation sites excluding steroid dienone is 1. The van der Waals surface area contributed by atoms with Crippen molar-refractivity contribution in [2.24, 2.45) is 0 Å². The molecule has 0 saturated carbocycles. The highest BCUT2D eigenvalue weighted by Crippen LogP contribution is 2.37. The monoisotopic (exact) mass is 375 g/mol. The summed E-state index contributed by atoms with van der Waals surface area (Å²) < 4.78 is 1.64. The van der Waals surface area contributed by atoms with Gasteiger partial charge in [0.1, 0.15) is 5.25 Å². The zero-order chi connectivity index (χ0) is 18.6. The third-order valence-corrected chi connectivity index (χ3v) is 5.44. The first kappa shape index (κ1) is 17.2. The minimum atomic E-state index is -0.458. The summed E-state index contributed by atoms with van der Waals surface area (Å²) in [5.74, 6) is 0.0109. The van der Waals surface area contributed by atoms with E-state index in [1.807, 2.05) is 54.6 Å². The third-order valence-electron chi connectivity index (χ3n) is 4.22. The van der Waals surface area contributed by atoms with Crippen LogP contribution in [0.25, 0.3) is 10.9 Å². The number of para-hydroxylation sites is 1. The summed E-state index contributed by atoms with van der Waals surface area (Å²) in [5, 5.41) is 12.8. The molecule has 1 unspecified atom stereocenters. The highest BCUT2D eigenvalue weighted by molar-refractivity contribution is 8.00. The van der Waals surface area contributed by atoms with E-state index in [0.717, 1.165) is 16.5 Å². The molecular weight excluding hydrogens is 358 g/mol. The van der Waals surface area contributed by atoms with Gasteiger partial charge in [-0.15, -0.1) is 11.7 Å². The van der Waals surface area contributed by atoms with Crippen LogP contribution in [0.2, 0.25) is 0 Å². The van der Waals surface area contributed by atoms with Gasteiger partial charge in [-0.2, -0.15) is 0 Å². The van der Waals surface area contributed by atoms with Crippen LogP contribution in [0.1, 0.15) is 21.2 Å². The number of hydrogen-bond donors (Lipinski definition) is 1. The first-order chi connectivity index (χ1) is 13.3. The number of benzene rings is 2. The summed E-state index contributed by atoms with van der Waals surface area (Å²) in [6, 6.07) is 17.5. The van der Waals surface area contributed by atoms with Crippen LogP contribution in [0, 0.1) is 0 Å². The fraction of sp³-hybridized carbons (Fsp3) is 0.100. The van der Waals surface area contributed by atoms with Gasteiger partial charge in [-0.25, -0.2) is 4.68 Å². The summed E-state index contributed by atoms with van der Waals surface area (Å²) in [6.45, 7) is 4.21. The molecule has 0 saturated heterocycles. The largest absolute Gasteiger partial charge is 0.360 e. The zero-order valence-corrected chi connectivity index (χ0v) is 15.3. The van der Waals surface area contributed by atoms with Crippen molar-refractivity contribution < 1.29 is 4.79 Å². The number of rotatable bonds is 7. The highest BCUT2D eigenvalue weighted by Gasteiger charge is 2.27. The molecule has 2 aromatic heterocycles. The van der Waals surface area contributed by atoms with Crippen molar-refractivity contribution >= 4 is 28.4 Å². The molecule has 7 heteroatoms. The topological polar surface area (TPSA) is 76.5 Å². The van der Waals surface area contributed by atoms with E-state index >= 15 is 0 Å². The number of nitrogens with zero attached hydrogens (tertiary/aromatic N) is 4. The molecule has 2 heterocycles. The van der Waals surface area contributed by atoms with Gasteiger partial charge in [0.05, 0.1) is 6.54 Å². The fourth-order valence-electron chi connectivity index (χ4n) is 2.94. The second kappa shape index (κ2) is 7.59. The lowest BCUT2D eigenvalue weighted by Gasteiger charge is -2.15. The molecule has 2 aromatic carbocycles. The Morgan fingerprint density at radius 3 is 2.78 bits per heavy atom. The molecule has 0 radical (unpaired) electrons. The molecule has 0 aliphatic heterocycles. The fourth-order valence-corrected chi connectivity index (χ4v) is 3.99. The lowest BCUT2D eigenvalue weighted by atomic mass is 10.0. The molecule has 6 nitrogen and oxygen atoms in total. The van der Waals surface area contributed by atoms with Crippen LogP contribution in [0.3, 0.4) is 0 Å². The standard InChI is InChI=1S/C20H17N5OS/c1-2-12-25-20(22-23-24-25)27-19(14-8-4-3-5-9-14)18(26)16-13-21-17-11-7-6-10-15(16)17/h2-11,13,19,21H,1,12H2. The number of fused-ring (bicyclic) bond motifs is 1. The van der Waals surface area contributed by atoms with Crippen LogP contribution in [-0.4, -0.2) is 31.0 Å². The van der Waals surface area contributed by atoms with Crippen LogP contribution in [0.15, 0.2) is 78.6 Å². The van der Waals surface area contributed by atoms with Crippen molar-refractivity contribution in [2.75, 3.05) is 0 Å². The molecule has 0 fully saturated rings. The number of nitrogens with one attached hydrogen (secondary N) is 1. The van der Waals surface area contributed by atoms with Crippen molar-refractivity contribution in [1.82, 2.24) is 25.2 Å². The van der Waals surface area contributed by atoms with E-state index in [-0.39, 0.29) is 5.78 Å². The van der Waals surface area contributed by atoms with Gasteiger partial charge in [0, 0.05) is 22.7 Å². The SMILES string of the molecule is C=CCn1nnnc1SC(C(=O)c1c[nH]c2ccccc12)c1ccccc1. The smallest absolute Gasteiger partial charge is 0.210 e. The van der Waals surface area contributed by atoms with Crippen LogP contribution in [-0.2, 0) is 6.54 Å². The van der Waals surface area contributed by atoms with Crippen molar-refractivity contribution in [3.8, 4) is 0 Å². The Kier molecular flexibility index (Phi) is 4.84. The number of Topliss-reactive ketones (excluding diaryl/α,β-unsaturated/α-hetero) is 1. The van der Waals surface area contributed by atoms with Crippen molar-refractivity contribution in [1.29, 1.82) is 0 Å². The Labute approximate surface area is 160 Å². The second-order valence-corrected chi connectivity index (χ2v) is 7.03. The van der Waals surface area contributed by atoms with E-state index in [1.54, 1.807) is 17.0 Å². The highest BCUT2D eigenvalue weighted by atomic mass is 32.2. The van der Waals surface area contributed by atoms with Gasteiger partial charge in [0.25, 0.3) is 0 Å². The van der Waals surface area contributed by atoms with E-state index in [0.29, 0.717) is 17.3 Å². The van der Waals surface area contributed by atoms with Crippen LogP contribution in [0.4, 0.5) is 0 Å². The summed E-state index contributed by atoms with van der Waals surface area (Å²) in [6.07, 6.45) is 3.50. The van der Waals surface area contributed by atoms with Crippen molar-refractivity contribution in [3.63, 3.8) is 0 Å². The van der Waals surface area contributed by atoms with Gasteiger partial charge in [0.2, 0.25) is 5.16 Å². The quantitative estimate of drug-likeness (QED) is 0.299. The number of tetrazole rings is 1. The van der Waals surface area contributed by atoms with Gasteiger partial charge in [-0.3, -0.25) is 4.79 Å². The Balaban J connectivity index is 1.75. The van der Waals surface area contributed by atoms with E-state index in [1.165, 1.54) is 11.8 Å². The molecule has 0 spiro atoms. The van der Waals surface area contributed by atoms with Crippen LogP contribution >= 0.6 is 11.8 Å². The minimum Gasteiger partial charge on any atom is -0.360 e. The first-order valence-corrected chi connectivity index (χ1v) is 9.35. The lowest BCUT2D eigenvalue weighted by Crippen LogP contribution is -2.11. The van der Waals surface area contributed by atoms with Crippen LogP contribution in [0.5, 0.6) is 0 Å². The Bertz CT molecular complexity index is 1090. The summed E-state index contributed by atoms with van der Waals surface area (Å²) in [5.41, 5.74) is 2.51. The summed E-state index contributed by atoms with van der Waals surface area (Å²) >= 11 is 1.35. The number of carbonyl (C=O) groups is 1. The molecule has 0 aliphatic carbocycles. The number of ketones is 1. The number of hydrogen-bond acceptors (Lipinski definition) is 5. The van der Waals surface area contributed by atoms with E-state index in [4.69, 9.17) is 0 Å². The second-order valence-electron chi connectivity index (χ2n) is 5.95. The number of thioether (sulfide) groups is 1. The Morgan fingerprint density at radius 1 is 1.19 bits per heavy atom. The first-order valence-electron chi connectivity index (χ1n) is 8.47. The van der Waals surface area contributed by atoms with Gasteiger partial charge in [0.15, 0.2) is 5.78 Å². The molecule has 0 amide bonds. The average Bonchev–Trinajstić information content (AvgIpc) is 3.33. The van der Waals surface area contributed by atoms with E-state index in [2.05, 4.69) is 27.1 Å². The predicted molar refractivity (Wildman–Crippen MR) is 106 cm³/mol. The number of aromatic amines is 1. The zero-order valence-electron chi connectivity index (χ0n) is 14.4. The number of H-pyrrole nitrogens is 1. The van der Waals surface area contributed by atoms with Gasteiger partial charge in [-0.1, -0.05) is 66.4 Å². The van der Waals surface area contributed by atoms with Crippen molar-refractivity contribution in [3.05, 3.63) is 84.6 Å². The number of aromatic nitrogens is 5.